The van der Waals surface area contributed by atoms with Crippen molar-refractivity contribution in [1.29, 1.82) is 0 Å². The van der Waals surface area contributed by atoms with Crippen molar-refractivity contribution in [3.05, 3.63) is 102 Å². The molecule has 1 aliphatic rings. The molecule has 0 spiro atoms. The van der Waals surface area contributed by atoms with Crippen LogP contribution in [0.5, 0.6) is 11.5 Å². The van der Waals surface area contributed by atoms with E-state index in [0.29, 0.717) is 13.0 Å². The number of benzene rings is 3. The van der Waals surface area contributed by atoms with Crippen LogP contribution < -0.4 is 14.8 Å². The molecule has 0 aliphatic carbocycles. The van der Waals surface area contributed by atoms with Gasteiger partial charge in [0.1, 0.15) is 23.7 Å². The molecule has 0 aromatic heterocycles. The molecule has 182 valence electrons. The van der Waals surface area contributed by atoms with Crippen molar-refractivity contribution in [3.8, 4) is 11.5 Å². The van der Waals surface area contributed by atoms with Gasteiger partial charge in [0.15, 0.2) is 0 Å². The molecular weight excluding hydrogens is 434 g/mol. The predicted octanol–water partition coefficient (Wildman–Crippen LogP) is 7.49. The van der Waals surface area contributed by atoms with Crippen LogP contribution in [0.25, 0.3) is 0 Å². The quantitative estimate of drug-likeness (QED) is 0.313. The highest BCUT2D eigenvalue weighted by Crippen LogP contribution is 2.37. The van der Waals surface area contributed by atoms with Gasteiger partial charge >= 0.3 is 0 Å². The van der Waals surface area contributed by atoms with Crippen molar-refractivity contribution >= 4 is 11.6 Å². The summed E-state index contributed by atoms with van der Waals surface area (Å²) in [5.74, 6) is 1.90. The summed E-state index contributed by atoms with van der Waals surface area (Å²) < 4.78 is 12.4. The van der Waals surface area contributed by atoms with Crippen LogP contribution in [0.3, 0.4) is 0 Å². The Hall–Kier alpha value is -3.53. The number of amides is 1. The third kappa shape index (κ3) is 7.48. The fourth-order valence-electron chi connectivity index (χ4n) is 4.35. The highest BCUT2D eigenvalue weighted by molar-refractivity contribution is 5.90. The van der Waals surface area contributed by atoms with Gasteiger partial charge in [0, 0.05) is 12.1 Å². The topological polar surface area (TPSA) is 47.6 Å². The molecule has 0 bridgehead atoms. The van der Waals surface area contributed by atoms with Crippen molar-refractivity contribution < 1.29 is 14.3 Å². The molecule has 3 aromatic carbocycles. The van der Waals surface area contributed by atoms with Crippen LogP contribution >= 0.6 is 0 Å². The number of allylic oxidation sites excluding steroid dienone is 2. The van der Waals surface area contributed by atoms with Crippen molar-refractivity contribution in [2.24, 2.45) is 0 Å². The van der Waals surface area contributed by atoms with Gasteiger partial charge in [-0.3, -0.25) is 4.79 Å². The molecule has 1 N–H and O–H groups in total. The minimum atomic E-state index is -0.180. The minimum Gasteiger partial charge on any atom is -0.489 e. The van der Waals surface area contributed by atoms with Gasteiger partial charge in [-0.25, -0.2) is 0 Å². The molecule has 3 aromatic rings. The molecule has 4 rings (SSSR count). The van der Waals surface area contributed by atoms with E-state index in [1.807, 2.05) is 60.7 Å². The molecule has 35 heavy (non-hydrogen) atoms. The van der Waals surface area contributed by atoms with Crippen molar-refractivity contribution in [2.75, 3.05) is 5.32 Å². The summed E-state index contributed by atoms with van der Waals surface area (Å²) in [4.78, 5) is 12.2. The van der Waals surface area contributed by atoms with Crippen molar-refractivity contribution in [1.82, 2.24) is 0 Å². The van der Waals surface area contributed by atoms with E-state index >= 15 is 0 Å². The fraction of sp³-hybridized carbons (Fsp3) is 0.323. The zero-order chi connectivity index (χ0) is 24.5. The summed E-state index contributed by atoms with van der Waals surface area (Å²) >= 11 is 0. The molecule has 0 radical (unpaired) electrons. The number of hydrogen-bond donors (Lipinski definition) is 1. The first-order valence-corrected chi connectivity index (χ1v) is 12.5. The highest BCUT2D eigenvalue weighted by atomic mass is 16.5. The number of carbonyl (C=O) groups is 1. The maximum Gasteiger partial charge on any atom is 0.224 e. The van der Waals surface area contributed by atoms with Crippen LogP contribution in [0.4, 0.5) is 5.69 Å². The number of nitrogens with one attached hydrogen (secondary N) is 1. The Morgan fingerprint density at radius 2 is 1.77 bits per heavy atom. The maximum absolute atomic E-state index is 12.2. The second-order valence-corrected chi connectivity index (χ2v) is 9.60. The second kappa shape index (κ2) is 11.7. The van der Waals surface area contributed by atoms with E-state index in [0.717, 1.165) is 54.9 Å². The Morgan fingerprint density at radius 1 is 1.03 bits per heavy atom. The standard InChI is InChI=1S/C31H35NO3/c1-24(15-18-30(33)32-27-13-7-4-8-14-27)10-9-20-31(2)21-19-26-22-28(16-17-29(26)35-31)34-23-25-11-5-3-6-12-25/h3-8,10-14,16-17,22H,9,15,18-21,23H2,1-2H3,(H,32,33)/b24-10+. The lowest BCUT2D eigenvalue weighted by Crippen LogP contribution is -2.36. The Balaban J connectivity index is 1.22. The Bertz CT molecular complexity index is 1140. The summed E-state index contributed by atoms with van der Waals surface area (Å²) in [5, 5.41) is 2.95. The lowest BCUT2D eigenvalue weighted by atomic mass is 9.88. The molecule has 1 atom stereocenters. The first-order valence-electron chi connectivity index (χ1n) is 12.5. The summed E-state index contributed by atoms with van der Waals surface area (Å²) in [6.07, 6.45) is 7.37. The molecule has 4 nitrogen and oxygen atoms in total. The third-order valence-corrected chi connectivity index (χ3v) is 6.53. The highest BCUT2D eigenvalue weighted by Gasteiger charge is 2.31. The first kappa shape index (κ1) is 24.6. The van der Waals surface area contributed by atoms with E-state index in [9.17, 15) is 4.79 Å². The summed E-state index contributed by atoms with van der Waals surface area (Å²) in [6, 6.07) is 26.0. The van der Waals surface area contributed by atoms with Crippen LogP contribution in [0, 0.1) is 0 Å². The molecule has 0 fully saturated rings. The predicted molar refractivity (Wildman–Crippen MR) is 142 cm³/mol. The SMILES string of the molecule is C/C(=C\CCC1(C)CCc2cc(OCc3ccccc3)ccc2O1)CCC(=O)Nc1ccccc1. The molecule has 4 heteroatoms. The lowest BCUT2D eigenvalue weighted by Gasteiger charge is -2.36. The van der Waals surface area contributed by atoms with Gasteiger partial charge in [-0.2, -0.15) is 0 Å². The van der Waals surface area contributed by atoms with Crippen LogP contribution in [-0.4, -0.2) is 11.5 Å². The van der Waals surface area contributed by atoms with E-state index in [4.69, 9.17) is 9.47 Å². The van der Waals surface area contributed by atoms with Gasteiger partial charge < -0.3 is 14.8 Å². The van der Waals surface area contributed by atoms with Gasteiger partial charge in [0.05, 0.1) is 0 Å². The van der Waals surface area contributed by atoms with Crippen LogP contribution in [0.15, 0.2) is 90.5 Å². The van der Waals surface area contributed by atoms with Crippen LogP contribution in [0.1, 0.15) is 57.1 Å². The number of carbonyl (C=O) groups excluding carboxylic acids is 1. The summed E-state index contributed by atoms with van der Waals surface area (Å²) in [6.45, 7) is 4.87. The van der Waals surface area contributed by atoms with E-state index < -0.39 is 0 Å². The number of rotatable bonds is 10. The lowest BCUT2D eigenvalue weighted by molar-refractivity contribution is -0.116. The molecule has 1 amide bonds. The maximum atomic E-state index is 12.2. The molecular formula is C31H35NO3. The Kier molecular flexibility index (Phi) is 8.25. The van der Waals surface area contributed by atoms with Gasteiger partial charge in [-0.15, -0.1) is 0 Å². The molecule has 0 saturated heterocycles. The van der Waals surface area contributed by atoms with Crippen LogP contribution in [-0.2, 0) is 17.8 Å². The van der Waals surface area contributed by atoms with E-state index in [1.54, 1.807) is 0 Å². The van der Waals surface area contributed by atoms with Crippen molar-refractivity contribution in [3.63, 3.8) is 0 Å². The average Bonchev–Trinajstić information content (AvgIpc) is 2.87. The number of aryl methyl sites for hydroxylation is 1. The van der Waals surface area contributed by atoms with Crippen LogP contribution in [0.2, 0.25) is 0 Å². The summed E-state index contributed by atoms with van der Waals surface area (Å²) in [7, 11) is 0. The average molecular weight is 470 g/mol. The molecule has 1 aliphatic heterocycles. The Morgan fingerprint density at radius 3 is 2.54 bits per heavy atom. The molecule has 1 heterocycles. The normalized spacial score (nSPS) is 17.3. The number of para-hydroxylation sites is 1. The second-order valence-electron chi connectivity index (χ2n) is 9.60. The smallest absolute Gasteiger partial charge is 0.224 e. The number of fused-ring (bicyclic) bond motifs is 1. The van der Waals surface area contributed by atoms with Gasteiger partial charge in [0.25, 0.3) is 0 Å². The van der Waals surface area contributed by atoms with Crippen molar-refractivity contribution in [2.45, 2.75) is 64.6 Å². The Labute approximate surface area is 209 Å². The zero-order valence-corrected chi connectivity index (χ0v) is 20.8. The van der Waals surface area contributed by atoms with E-state index in [1.165, 1.54) is 11.1 Å². The van der Waals surface area contributed by atoms with E-state index in [2.05, 4.69) is 43.4 Å². The summed E-state index contributed by atoms with van der Waals surface area (Å²) in [5.41, 5.74) is 4.28. The number of ether oxygens (including phenoxy) is 2. The zero-order valence-electron chi connectivity index (χ0n) is 20.8. The molecule has 1 unspecified atom stereocenters. The third-order valence-electron chi connectivity index (χ3n) is 6.53. The van der Waals surface area contributed by atoms with Gasteiger partial charge in [-0.1, -0.05) is 60.2 Å². The monoisotopic (exact) mass is 469 g/mol. The number of hydrogen-bond acceptors (Lipinski definition) is 3. The number of anilines is 1. The fourth-order valence-corrected chi connectivity index (χ4v) is 4.35. The largest absolute Gasteiger partial charge is 0.489 e. The first-order chi connectivity index (χ1) is 17.0. The molecule has 0 saturated carbocycles. The van der Waals surface area contributed by atoms with E-state index in [-0.39, 0.29) is 11.5 Å². The van der Waals surface area contributed by atoms with Gasteiger partial charge in [0.2, 0.25) is 5.91 Å². The minimum absolute atomic E-state index is 0.0512. The van der Waals surface area contributed by atoms with Gasteiger partial charge in [-0.05, 0) is 87.4 Å².